The summed E-state index contributed by atoms with van der Waals surface area (Å²) in [5.41, 5.74) is -0.290. The molecule has 4 aliphatic rings. The van der Waals surface area contributed by atoms with Gasteiger partial charge in [0.2, 0.25) is 5.69 Å². The molecule has 4 fully saturated rings. The lowest BCUT2D eigenvalue weighted by atomic mass is 9.53. The van der Waals surface area contributed by atoms with E-state index in [1.54, 1.807) is 0 Å². The quantitative estimate of drug-likeness (QED) is 0.423. The first kappa shape index (κ1) is 18.4. The Morgan fingerprint density at radius 2 is 1.85 bits per heavy atom. The molecule has 5 rings (SSSR count). The molecular weight excluding hydrogens is 344 g/mol. The lowest BCUT2D eigenvalue weighted by Gasteiger charge is -2.56. The number of aromatic nitrogens is 2. The Labute approximate surface area is 160 Å². The first-order valence-corrected chi connectivity index (χ1v) is 10.5. The summed E-state index contributed by atoms with van der Waals surface area (Å²) in [4.78, 5) is 23.6. The summed E-state index contributed by atoms with van der Waals surface area (Å²) in [6.07, 6.45) is 12.8. The summed E-state index contributed by atoms with van der Waals surface area (Å²) in [5, 5.41) is 18.9. The maximum atomic E-state index is 12.6. The van der Waals surface area contributed by atoms with Crippen LogP contribution in [0.3, 0.4) is 0 Å². The minimum absolute atomic E-state index is 0.0220. The smallest absolute Gasteiger partial charge is 0.320 e. The number of carbonyl (C=O) groups excluding carboxylic acids is 1. The van der Waals surface area contributed by atoms with Gasteiger partial charge < -0.3 is 5.32 Å². The molecule has 4 aliphatic carbocycles. The van der Waals surface area contributed by atoms with Crippen LogP contribution in [0.25, 0.3) is 0 Å². The van der Waals surface area contributed by atoms with Gasteiger partial charge in [-0.05, 0) is 62.7 Å². The van der Waals surface area contributed by atoms with Gasteiger partial charge in [0.25, 0.3) is 5.91 Å². The van der Waals surface area contributed by atoms with Crippen molar-refractivity contribution in [1.82, 2.24) is 15.1 Å². The topological polar surface area (TPSA) is 90.1 Å². The van der Waals surface area contributed by atoms with Gasteiger partial charge in [0, 0.05) is 6.54 Å². The summed E-state index contributed by atoms with van der Waals surface area (Å²) >= 11 is 0. The SMILES string of the molecule is CCCCCCNC(=O)c1nn(C23CC4CC(CC(C4)C2)C3)cc1[N+](=O)[O-]. The van der Waals surface area contributed by atoms with Crippen molar-refractivity contribution in [1.29, 1.82) is 0 Å². The third kappa shape index (κ3) is 3.48. The fraction of sp³-hybridized carbons (Fsp3) is 0.800. The van der Waals surface area contributed by atoms with Crippen LogP contribution in [0.1, 0.15) is 81.6 Å². The van der Waals surface area contributed by atoms with Gasteiger partial charge in [-0.3, -0.25) is 19.6 Å². The van der Waals surface area contributed by atoms with Crippen LogP contribution in [-0.4, -0.2) is 27.2 Å². The molecule has 1 aromatic rings. The fourth-order valence-electron chi connectivity index (χ4n) is 6.09. The summed E-state index contributed by atoms with van der Waals surface area (Å²) in [5.74, 6) is 1.74. The van der Waals surface area contributed by atoms with Crippen LogP contribution in [0.4, 0.5) is 5.69 Å². The molecule has 0 unspecified atom stereocenters. The lowest BCUT2D eigenvalue weighted by Crippen LogP contribution is -2.52. The van der Waals surface area contributed by atoms with E-state index in [2.05, 4.69) is 17.3 Å². The highest BCUT2D eigenvalue weighted by molar-refractivity contribution is 5.96. The maximum Gasteiger partial charge on any atom is 0.320 e. The molecule has 0 atom stereocenters. The van der Waals surface area contributed by atoms with Crippen LogP contribution in [0, 0.1) is 27.9 Å². The van der Waals surface area contributed by atoms with Crippen LogP contribution in [-0.2, 0) is 5.54 Å². The summed E-state index contributed by atoms with van der Waals surface area (Å²) in [7, 11) is 0. The van der Waals surface area contributed by atoms with E-state index in [9.17, 15) is 14.9 Å². The first-order valence-electron chi connectivity index (χ1n) is 10.5. The van der Waals surface area contributed by atoms with E-state index < -0.39 is 10.8 Å². The van der Waals surface area contributed by atoms with Gasteiger partial charge in [0.05, 0.1) is 10.5 Å². The van der Waals surface area contributed by atoms with Crippen LogP contribution in [0.15, 0.2) is 6.20 Å². The van der Waals surface area contributed by atoms with E-state index in [1.165, 1.54) is 25.5 Å². The predicted octanol–water partition coefficient (Wildman–Crippen LogP) is 4.03. The number of unbranched alkanes of at least 4 members (excludes halogenated alkanes) is 3. The molecule has 7 nitrogen and oxygen atoms in total. The fourth-order valence-corrected chi connectivity index (χ4v) is 6.09. The van der Waals surface area contributed by atoms with Crippen molar-refractivity contribution in [3.63, 3.8) is 0 Å². The Bertz CT molecular complexity index is 692. The zero-order valence-electron chi connectivity index (χ0n) is 16.2. The van der Waals surface area contributed by atoms with Gasteiger partial charge in [0.15, 0.2) is 0 Å². The Morgan fingerprint density at radius 3 is 2.41 bits per heavy atom. The normalized spacial score (nSPS) is 31.2. The van der Waals surface area contributed by atoms with Gasteiger partial charge >= 0.3 is 5.69 Å². The third-order valence-electron chi connectivity index (χ3n) is 6.91. The Balaban J connectivity index is 1.53. The van der Waals surface area contributed by atoms with Gasteiger partial charge in [-0.1, -0.05) is 26.2 Å². The number of hydrogen-bond acceptors (Lipinski definition) is 4. The van der Waals surface area contributed by atoms with Crippen molar-refractivity contribution in [2.24, 2.45) is 17.8 Å². The van der Waals surface area contributed by atoms with Crippen LogP contribution < -0.4 is 5.32 Å². The second-order valence-electron chi connectivity index (χ2n) is 9.02. The van der Waals surface area contributed by atoms with E-state index >= 15 is 0 Å². The average molecular weight is 374 g/mol. The van der Waals surface area contributed by atoms with Gasteiger partial charge in [-0.15, -0.1) is 0 Å². The standard InChI is InChI=1S/C20H30N4O3/c1-2-3-4-5-6-21-19(25)18-17(24(26)27)13-23(22-18)20-10-14-7-15(11-20)9-16(8-14)12-20/h13-16H,2-12H2,1H3,(H,21,25). The Kier molecular flexibility index (Phi) is 4.95. The van der Waals surface area contributed by atoms with Crippen molar-refractivity contribution < 1.29 is 9.72 Å². The van der Waals surface area contributed by atoms with Crippen molar-refractivity contribution in [3.05, 3.63) is 22.0 Å². The summed E-state index contributed by atoms with van der Waals surface area (Å²) < 4.78 is 1.81. The number of nitro groups is 1. The largest absolute Gasteiger partial charge is 0.350 e. The van der Waals surface area contributed by atoms with E-state index in [0.29, 0.717) is 6.54 Å². The highest BCUT2D eigenvalue weighted by Gasteiger charge is 2.53. The summed E-state index contributed by atoms with van der Waals surface area (Å²) in [6.45, 7) is 2.68. The molecule has 1 aromatic heterocycles. The predicted molar refractivity (Wildman–Crippen MR) is 102 cm³/mol. The number of carbonyl (C=O) groups is 1. The van der Waals surface area contributed by atoms with Crippen molar-refractivity contribution >= 4 is 11.6 Å². The maximum absolute atomic E-state index is 12.6. The summed E-state index contributed by atoms with van der Waals surface area (Å²) in [6, 6.07) is 0. The highest BCUT2D eigenvalue weighted by Crippen LogP contribution is 2.58. The molecule has 4 bridgehead atoms. The highest BCUT2D eigenvalue weighted by atomic mass is 16.6. The molecule has 148 valence electrons. The number of nitrogens with one attached hydrogen (secondary N) is 1. The minimum atomic E-state index is -0.462. The molecule has 4 saturated carbocycles. The molecule has 0 spiro atoms. The van der Waals surface area contributed by atoms with E-state index in [-0.39, 0.29) is 16.9 Å². The molecule has 1 N–H and O–H groups in total. The molecule has 0 aromatic carbocycles. The third-order valence-corrected chi connectivity index (χ3v) is 6.91. The average Bonchev–Trinajstić information content (AvgIpc) is 3.07. The molecule has 0 radical (unpaired) electrons. The minimum Gasteiger partial charge on any atom is -0.350 e. The monoisotopic (exact) mass is 374 g/mol. The number of amides is 1. The lowest BCUT2D eigenvalue weighted by molar-refractivity contribution is -0.385. The molecule has 0 saturated heterocycles. The van der Waals surface area contributed by atoms with Crippen molar-refractivity contribution in [3.8, 4) is 0 Å². The van der Waals surface area contributed by atoms with Crippen molar-refractivity contribution in [2.45, 2.75) is 76.7 Å². The van der Waals surface area contributed by atoms with Gasteiger partial charge in [0.1, 0.15) is 6.20 Å². The Hall–Kier alpha value is -1.92. The number of hydrogen-bond donors (Lipinski definition) is 1. The van der Waals surface area contributed by atoms with Crippen molar-refractivity contribution in [2.75, 3.05) is 6.54 Å². The first-order chi connectivity index (χ1) is 13.0. The zero-order valence-corrected chi connectivity index (χ0v) is 16.2. The second kappa shape index (κ2) is 7.24. The number of rotatable bonds is 8. The molecule has 27 heavy (non-hydrogen) atoms. The molecule has 7 heteroatoms. The van der Waals surface area contributed by atoms with E-state index in [0.717, 1.165) is 62.7 Å². The van der Waals surface area contributed by atoms with Gasteiger partial charge in [-0.25, -0.2) is 0 Å². The van der Waals surface area contributed by atoms with Crippen LogP contribution in [0.2, 0.25) is 0 Å². The van der Waals surface area contributed by atoms with Gasteiger partial charge in [-0.2, -0.15) is 5.10 Å². The molecule has 1 heterocycles. The zero-order chi connectivity index (χ0) is 19.0. The van der Waals surface area contributed by atoms with E-state index in [1.807, 2.05) is 4.68 Å². The molecular formula is C20H30N4O3. The molecule has 0 aliphatic heterocycles. The van der Waals surface area contributed by atoms with E-state index in [4.69, 9.17) is 0 Å². The van der Waals surface area contributed by atoms with Crippen LogP contribution >= 0.6 is 0 Å². The van der Waals surface area contributed by atoms with Crippen LogP contribution in [0.5, 0.6) is 0 Å². The molecule has 1 amide bonds. The Morgan fingerprint density at radius 1 is 1.22 bits per heavy atom. The second-order valence-corrected chi connectivity index (χ2v) is 9.02. The number of nitrogens with zero attached hydrogens (tertiary/aromatic N) is 3.